The van der Waals surface area contributed by atoms with E-state index in [0.717, 1.165) is 27.2 Å². The third kappa shape index (κ3) is 2.64. The van der Waals surface area contributed by atoms with Crippen LogP contribution in [0.1, 0.15) is 0 Å². The van der Waals surface area contributed by atoms with Gasteiger partial charge >= 0.3 is 0 Å². The van der Waals surface area contributed by atoms with Crippen LogP contribution in [0.3, 0.4) is 0 Å². The molecule has 0 saturated heterocycles. The van der Waals surface area contributed by atoms with Crippen LogP contribution in [-0.4, -0.2) is 0 Å². The molecule has 0 saturated carbocycles. The zero-order chi connectivity index (χ0) is 13.1. The zero-order valence-corrected chi connectivity index (χ0v) is 10.9. The van der Waals surface area contributed by atoms with Gasteiger partial charge in [0.1, 0.15) is 0 Å². The van der Waals surface area contributed by atoms with Gasteiger partial charge in [0, 0.05) is 10.4 Å². The Kier molecular flexibility index (Phi) is 3.25. The van der Waals surface area contributed by atoms with Crippen LogP contribution < -0.4 is 0 Å². The minimum Gasteiger partial charge on any atom is -0.151 e. The maximum absolute atomic E-state index is 6.17. The molecule has 0 unspecified atom stereocenters. The van der Waals surface area contributed by atoms with E-state index in [9.17, 15) is 0 Å². The lowest BCUT2D eigenvalue weighted by Gasteiger charge is -2.00. The summed E-state index contributed by atoms with van der Waals surface area (Å²) in [5, 5.41) is 11.3. The maximum atomic E-state index is 6.17. The van der Waals surface area contributed by atoms with E-state index in [1.165, 1.54) is 0 Å². The van der Waals surface area contributed by atoms with E-state index in [4.69, 9.17) is 11.6 Å². The first kappa shape index (κ1) is 11.9. The Morgan fingerprint density at radius 1 is 0.684 bits per heavy atom. The quantitative estimate of drug-likeness (QED) is 0.515. The van der Waals surface area contributed by atoms with Crippen LogP contribution in [0.25, 0.3) is 10.8 Å². The highest BCUT2D eigenvalue weighted by atomic mass is 35.5. The van der Waals surface area contributed by atoms with Gasteiger partial charge in [-0.05, 0) is 35.7 Å². The Morgan fingerprint density at radius 3 is 2.32 bits per heavy atom. The molecule has 0 atom stereocenters. The molecule has 0 N–H and O–H groups in total. The maximum Gasteiger partial charge on any atom is 0.0864 e. The van der Waals surface area contributed by atoms with Crippen LogP contribution in [0.2, 0.25) is 5.02 Å². The fraction of sp³-hybridized carbons (Fsp3) is 0. The van der Waals surface area contributed by atoms with Gasteiger partial charge in [0.05, 0.1) is 11.4 Å². The summed E-state index contributed by atoms with van der Waals surface area (Å²) >= 11 is 6.17. The lowest BCUT2D eigenvalue weighted by atomic mass is 10.1. The van der Waals surface area contributed by atoms with Crippen molar-refractivity contribution in [3.05, 3.63) is 71.8 Å². The molecule has 0 amide bonds. The molecule has 0 aliphatic rings. The van der Waals surface area contributed by atoms with Crippen LogP contribution in [0.5, 0.6) is 0 Å². The van der Waals surface area contributed by atoms with E-state index in [2.05, 4.69) is 10.2 Å². The normalized spacial score (nSPS) is 11.2. The van der Waals surface area contributed by atoms with Crippen LogP contribution in [-0.2, 0) is 0 Å². The van der Waals surface area contributed by atoms with Gasteiger partial charge in [-0.25, -0.2) is 0 Å². The fourth-order valence-corrected chi connectivity index (χ4v) is 2.13. The highest BCUT2D eigenvalue weighted by Crippen LogP contribution is 2.28. The van der Waals surface area contributed by atoms with Gasteiger partial charge in [0.25, 0.3) is 0 Å². The lowest BCUT2D eigenvalue weighted by Crippen LogP contribution is -1.73. The van der Waals surface area contributed by atoms with Gasteiger partial charge in [-0.2, -0.15) is 10.2 Å². The molecule has 0 fully saturated rings. The number of hydrogen-bond donors (Lipinski definition) is 0. The summed E-state index contributed by atoms with van der Waals surface area (Å²) in [4.78, 5) is 0. The first-order valence-corrected chi connectivity index (χ1v) is 6.36. The fourth-order valence-electron chi connectivity index (χ4n) is 1.89. The second kappa shape index (κ2) is 5.21. The van der Waals surface area contributed by atoms with Gasteiger partial charge < -0.3 is 0 Å². The highest BCUT2D eigenvalue weighted by molar-refractivity contribution is 6.35. The number of azo groups is 1. The predicted molar refractivity (Wildman–Crippen MR) is 79.6 cm³/mol. The first-order chi connectivity index (χ1) is 9.33. The van der Waals surface area contributed by atoms with E-state index < -0.39 is 0 Å². The Labute approximate surface area is 116 Å². The number of benzene rings is 3. The topological polar surface area (TPSA) is 24.7 Å². The summed E-state index contributed by atoms with van der Waals surface area (Å²) in [6, 6.07) is 21.4. The summed E-state index contributed by atoms with van der Waals surface area (Å²) < 4.78 is 0. The van der Waals surface area contributed by atoms with E-state index in [-0.39, 0.29) is 0 Å². The minimum atomic E-state index is 0.731. The molecule has 0 bridgehead atoms. The molecule has 3 heteroatoms. The van der Waals surface area contributed by atoms with Gasteiger partial charge in [0.15, 0.2) is 0 Å². The lowest BCUT2D eigenvalue weighted by molar-refractivity contribution is 1.23. The average Bonchev–Trinajstić information content (AvgIpc) is 2.47. The molecule has 0 spiro atoms. The number of halogens is 1. The molecular weight excluding hydrogens is 256 g/mol. The summed E-state index contributed by atoms with van der Waals surface area (Å²) in [6.45, 7) is 0. The standard InChI is InChI=1S/C16H11ClN2/c17-16-8-4-5-12-9-10-14(11-15(12)16)19-18-13-6-2-1-3-7-13/h1-11H. The molecular formula is C16H11ClN2. The molecule has 19 heavy (non-hydrogen) atoms. The molecule has 3 aromatic rings. The van der Waals surface area contributed by atoms with Crippen LogP contribution >= 0.6 is 11.6 Å². The van der Waals surface area contributed by atoms with Crippen molar-refractivity contribution in [2.24, 2.45) is 10.2 Å². The Balaban J connectivity index is 1.98. The third-order valence-corrected chi connectivity index (χ3v) is 3.18. The first-order valence-electron chi connectivity index (χ1n) is 5.98. The van der Waals surface area contributed by atoms with Crippen molar-refractivity contribution >= 4 is 33.7 Å². The number of rotatable bonds is 2. The van der Waals surface area contributed by atoms with Crippen molar-refractivity contribution in [1.82, 2.24) is 0 Å². The third-order valence-electron chi connectivity index (χ3n) is 2.85. The molecule has 92 valence electrons. The summed E-state index contributed by atoms with van der Waals surface area (Å²) in [5.41, 5.74) is 1.63. The van der Waals surface area contributed by atoms with Crippen molar-refractivity contribution in [3.63, 3.8) is 0 Å². The van der Waals surface area contributed by atoms with Crippen molar-refractivity contribution in [2.75, 3.05) is 0 Å². The van der Waals surface area contributed by atoms with Crippen molar-refractivity contribution in [2.45, 2.75) is 0 Å². The minimum absolute atomic E-state index is 0.731. The molecule has 2 nitrogen and oxygen atoms in total. The number of hydrogen-bond acceptors (Lipinski definition) is 2. The average molecular weight is 267 g/mol. The van der Waals surface area contributed by atoms with Crippen molar-refractivity contribution in [1.29, 1.82) is 0 Å². The van der Waals surface area contributed by atoms with Crippen LogP contribution in [0, 0.1) is 0 Å². The van der Waals surface area contributed by atoms with E-state index in [1.807, 2.05) is 66.7 Å². The summed E-state index contributed by atoms with van der Waals surface area (Å²) in [5.74, 6) is 0. The molecule has 0 heterocycles. The van der Waals surface area contributed by atoms with E-state index >= 15 is 0 Å². The molecule has 3 aromatic carbocycles. The second-order valence-corrected chi connectivity index (χ2v) is 4.59. The Morgan fingerprint density at radius 2 is 1.47 bits per heavy atom. The van der Waals surface area contributed by atoms with Gasteiger partial charge in [-0.1, -0.05) is 48.0 Å². The van der Waals surface area contributed by atoms with Gasteiger partial charge in [0.2, 0.25) is 0 Å². The van der Waals surface area contributed by atoms with Crippen molar-refractivity contribution < 1.29 is 0 Å². The van der Waals surface area contributed by atoms with E-state index in [1.54, 1.807) is 0 Å². The number of fused-ring (bicyclic) bond motifs is 1. The van der Waals surface area contributed by atoms with Crippen LogP contribution in [0.4, 0.5) is 11.4 Å². The van der Waals surface area contributed by atoms with Crippen LogP contribution in [0.15, 0.2) is 77.0 Å². The Bertz CT molecular complexity index is 736. The predicted octanol–water partition coefficient (Wildman–Crippen LogP) is 5.91. The van der Waals surface area contributed by atoms with Gasteiger partial charge in [-0.3, -0.25) is 0 Å². The van der Waals surface area contributed by atoms with Crippen molar-refractivity contribution in [3.8, 4) is 0 Å². The molecule has 3 rings (SSSR count). The molecule has 0 aromatic heterocycles. The van der Waals surface area contributed by atoms with E-state index in [0.29, 0.717) is 0 Å². The van der Waals surface area contributed by atoms with Gasteiger partial charge in [-0.15, -0.1) is 0 Å². The number of nitrogens with zero attached hydrogens (tertiary/aromatic N) is 2. The molecule has 0 aliphatic heterocycles. The summed E-state index contributed by atoms with van der Waals surface area (Å²) in [6.07, 6.45) is 0. The zero-order valence-electron chi connectivity index (χ0n) is 10.1. The second-order valence-electron chi connectivity index (χ2n) is 4.18. The summed E-state index contributed by atoms with van der Waals surface area (Å²) in [7, 11) is 0. The smallest absolute Gasteiger partial charge is 0.0864 e. The largest absolute Gasteiger partial charge is 0.151 e. The molecule has 0 radical (unpaired) electrons. The molecule has 0 aliphatic carbocycles. The Hall–Kier alpha value is -2.19. The monoisotopic (exact) mass is 266 g/mol. The SMILES string of the molecule is Clc1cccc2ccc(N=Nc3ccccc3)cc12. The highest BCUT2D eigenvalue weighted by Gasteiger charge is 1.99.